The van der Waals surface area contributed by atoms with E-state index in [0.29, 0.717) is 12.4 Å². The third kappa shape index (κ3) is 3.99. The number of amides is 2. The van der Waals surface area contributed by atoms with E-state index >= 15 is 0 Å². The molecule has 0 fully saturated rings. The summed E-state index contributed by atoms with van der Waals surface area (Å²) in [6.07, 6.45) is 2.78. The molecule has 19 heavy (non-hydrogen) atoms. The Labute approximate surface area is 113 Å². The minimum Gasteiger partial charge on any atom is -0.337 e. The largest absolute Gasteiger partial charge is 0.337 e. The van der Waals surface area contributed by atoms with E-state index in [9.17, 15) is 9.18 Å². The van der Waals surface area contributed by atoms with Gasteiger partial charge in [0.1, 0.15) is 11.6 Å². The molecule has 0 aliphatic heterocycles. The number of aromatic nitrogens is 2. The van der Waals surface area contributed by atoms with Crippen LogP contribution in [0.5, 0.6) is 0 Å². The number of urea groups is 1. The van der Waals surface area contributed by atoms with Gasteiger partial charge < -0.3 is 5.32 Å². The van der Waals surface area contributed by atoms with Gasteiger partial charge in [-0.05, 0) is 12.1 Å². The number of nitrogens with zero attached hydrogens (tertiary/aromatic N) is 2. The number of halogens is 1. The molecule has 2 aromatic heterocycles. The maximum absolute atomic E-state index is 12.6. The van der Waals surface area contributed by atoms with E-state index in [-0.39, 0.29) is 11.9 Å². The maximum atomic E-state index is 12.6. The molecule has 100 valence electrons. The average Bonchev–Trinajstić information content (AvgIpc) is 2.93. The highest BCUT2D eigenvalue weighted by atomic mass is 32.1. The number of carbonyl (C=O) groups is 1. The highest BCUT2D eigenvalue weighted by molar-refractivity contribution is 7.09. The molecule has 0 aliphatic rings. The zero-order chi connectivity index (χ0) is 13.7. The smallest absolute Gasteiger partial charge is 0.320 e. The van der Waals surface area contributed by atoms with Gasteiger partial charge in [-0.25, -0.2) is 19.2 Å². The van der Waals surface area contributed by atoms with Gasteiger partial charge in [0, 0.05) is 24.0 Å². The summed E-state index contributed by atoms with van der Waals surface area (Å²) in [7, 11) is 0. The van der Waals surface area contributed by atoms with Crippen molar-refractivity contribution in [2.24, 2.45) is 0 Å². The molecule has 0 saturated carbocycles. The molecule has 0 spiro atoms. The minimum atomic E-state index is -0.441. The molecule has 0 bridgehead atoms. The van der Waals surface area contributed by atoms with Gasteiger partial charge in [0.15, 0.2) is 0 Å². The summed E-state index contributed by atoms with van der Waals surface area (Å²) < 4.78 is 12.6. The van der Waals surface area contributed by atoms with Crippen LogP contribution >= 0.6 is 11.3 Å². The number of nitrogens with one attached hydrogen (secondary N) is 2. The summed E-state index contributed by atoms with van der Waals surface area (Å²) in [5.74, 6) is 0.0103. The van der Waals surface area contributed by atoms with Crippen molar-refractivity contribution < 1.29 is 9.18 Å². The van der Waals surface area contributed by atoms with E-state index in [1.807, 2.05) is 12.3 Å². The highest BCUT2D eigenvalue weighted by Gasteiger charge is 2.10. The van der Waals surface area contributed by atoms with Gasteiger partial charge in [-0.1, -0.05) is 6.92 Å². The van der Waals surface area contributed by atoms with E-state index in [2.05, 4.69) is 20.6 Å². The third-order valence-electron chi connectivity index (χ3n) is 2.41. The average molecular weight is 280 g/mol. The number of rotatable bonds is 4. The van der Waals surface area contributed by atoms with Crippen molar-refractivity contribution in [1.82, 2.24) is 15.3 Å². The lowest BCUT2D eigenvalue weighted by atomic mass is 10.2. The van der Waals surface area contributed by atoms with Crippen LogP contribution in [0.2, 0.25) is 0 Å². The first-order chi connectivity index (χ1) is 9.15. The molecule has 2 amide bonds. The van der Waals surface area contributed by atoms with Crippen molar-refractivity contribution in [2.45, 2.75) is 12.8 Å². The molecule has 2 aromatic rings. The Morgan fingerprint density at radius 2 is 2.32 bits per heavy atom. The number of pyridine rings is 1. The molecule has 2 heterocycles. The number of carbonyl (C=O) groups excluding carboxylic acids is 1. The Morgan fingerprint density at radius 1 is 1.47 bits per heavy atom. The van der Waals surface area contributed by atoms with Crippen LogP contribution in [0.25, 0.3) is 0 Å². The zero-order valence-electron chi connectivity index (χ0n) is 10.3. The van der Waals surface area contributed by atoms with Crippen LogP contribution < -0.4 is 10.6 Å². The predicted octanol–water partition coefficient (Wildman–Crippen LogP) is 2.60. The summed E-state index contributed by atoms with van der Waals surface area (Å²) in [5.41, 5.74) is 0. The Balaban J connectivity index is 1.80. The second kappa shape index (κ2) is 6.24. The highest BCUT2D eigenvalue weighted by Crippen LogP contribution is 2.16. The molecule has 0 aromatic carbocycles. The van der Waals surface area contributed by atoms with Crippen molar-refractivity contribution in [1.29, 1.82) is 0 Å². The van der Waals surface area contributed by atoms with Crippen LogP contribution in [-0.2, 0) is 0 Å². The van der Waals surface area contributed by atoms with E-state index in [4.69, 9.17) is 0 Å². The molecule has 1 atom stereocenters. The molecular weight excluding hydrogens is 267 g/mol. The van der Waals surface area contributed by atoms with Crippen LogP contribution in [0.3, 0.4) is 0 Å². The molecule has 7 heteroatoms. The van der Waals surface area contributed by atoms with Gasteiger partial charge in [-0.3, -0.25) is 5.32 Å². The number of thiazole rings is 1. The Morgan fingerprint density at radius 3 is 2.95 bits per heavy atom. The molecule has 0 saturated heterocycles. The second-order valence-electron chi connectivity index (χ2n) is 3.97. The monoisotopic (exact) mass is 280 g/mol. The van der Waals surface area contributed by atoms with Gasteiger partial charge in [0.05, 0.1) is 11.2 Å². The van der Waals surface area contributed by atoms with Crippen molar-refractivity contribution in [3.05, 3.63) is 40.7 Å². The van der Waals surface area contributed by atoms with Crippen molar-refractivity contribution in [3.8, 4) is 0 Å². The Hall–Kier alpha value is -2.02. The van der Waals surface area contributed by atoms with Crippen LogP contribution in [0, 0.1) is 5.82 Å². The third-order valence-corrected chi connectivity index (χ3v) is 3.42. The number of hydrogen-bond acceptors (Lipinski definition) is 4. The molecule has 2 N–H and O–H groups in total. The van der Waals surface area contributed by atoms with Crippen molar-refractivity contribution >= 4 is 23.2 Å². The summed E-state index contributed by atoms with van der Waals surface area (Å²) in [6.45, 7) is 2.45. The summed E-state index contributed by atoms with van der Waals surface area (Å²) in [4.78, 5) is 19.5. The van der Waals surface area contributed by atoms with Gasteiger partial charge in [0.2, 0.25) is 0 Å². The van der Waals surface area contributed by atoms with Crippen LogP contribution in [0.1, 0.15) is 17.8 Å². The summed E-state index contributed by atoms with van der Waals surface area (Å²) >= 11 is 1.55. The van der Waals surface area contributed by atoms with Crippen LogP contribution in [-0.4, -0.2) is 22.5 Å². The van der Waals surface area contributed by atoms with Gasteiger partial charge in [-0.2, -0.15) is 0 Å². The van der Waals surface area contributed by atoms with Crippen LogP contribution in [0.15, 0.2) is 29.9 Å². The standard InChI is InChI=1S/C12H13FN4OS/c1-8(11-14-4-5-19-11)6-16-12(18)17-10-3-2-9(13)7-15-10/h2-5,7-8H,6H2,1H3,(H2,15,16,17,18)/t8-/m0/s1. The lowest BCUT2D eigenvalue weighted by Crippen LogP contribution is -2.32. The Bertz CT molecular complexity index is 529. The maximum Gasteiger partial charge on any atom is 0.320 e. The quantitative estimate of drug-likeness (QED) is 0.904. The molecule has 2 rings (SSSR count). The van der Waals surface area contributed by atoms with Crippen molar-refractivity contribution in [3.63, 3.8) is 0 Å². The van der Waals surface area contributed by atoms with E-state index in [0.717, 1.165) is 11.2 Å². The van der Waals surface area contributed by atoms with E-state index < -0.39 is 5.82 Å². The fourth-order valence-corrected chi connectivity index (χ4v) is 2.12. The number of hydrogen-bond donors (Lipinski definition) is 2. The fraction of sp³-hybridized carbons (Fsp3) is 0.250. The first kappa shape index (κ1) is 13.4. The lowest BCUT2D eigenvalue weighted by molar-refractivity contribution is 0.251. The summed E-state index contributed by atoms with van der Waals surface area (Å²) in [6, 6.07) is 2.27. The van der Waals surface area contributed by atoms with Gasteiger partial charge >= 0.3 is 6.03 Å². The first-order valence-electron chi connectivity index (χ1n) is 5.71. The van der Waals surface area contributed by atoms with Gasteiger partial charge in [-0.15, -0.1) is 11.3 Å². The van der Waals surface area contributed by atoms with Crippen LogP contribution in [0.4, 0.5) is 15.0 Å². The summed E-state index contributed by atoms with van der Waals surface area (Å²) in [5, 5.41) is 8.11. The fourth-order valence-electron chi connectivity index (χ4n) is 1.42. The molecule has 0 aliphatic carbocycles. The Kier molecular flexibility index (Phi) is 4.40. The predicted molar refractivity (Wildman–Crippen MR) is 71.7 cm³/mol. The molecule has 5 nitrogen and oxygen atoms in total. The second-order valence-corrected chi connectivity index (χ2v) is 4.89. The van der Waals surface area contributed by atoms with E-state index in [1.54, 1.807) is 17.5 Å². The topological polar surface area (TPSA) is 66.9 Å². The number of anilines is 1. The molecule has 0 unspecified atom stereocenters. The van der Waals surface area contributed by atoms with E-state index in [1.165, 1.54) is 12.1 Å². The SMILES string of the molecule is C[C@@H](CNC(=O)Nc1ccc(F)cn1)c1nccs1. The van der Waals surface area contributed by atoms with Crippen molar-refractivity contribution in [2.75, 3.05) is 11.9 Å². The molecule has 0 radical (unpaired) electrons. The van der Waals surface area contributed by atoms with Gasteiger partial charge in [0.25, 0.3) is 0 Å². The first-order valence-corrected chi connectivity index (χ1v) is 6.59. The molecular formula is C12H13FN4OS. The minimum absolute atomic E-state index is 0.145. The normalized spacial score (nSPS) is 11.9. The lowest BCUT2D eigenvalue weighted by Gasteiger charge is -2.10. The zero-order valence-corrected chi connectivity index (χ0v) is 11.1.